The first-order valence-electron chi connectivity index (χ1n) is 11.4. The van der Waals surface area contributed by atoms with Crippen LogP contribution in [0.3, 0.4) is 0 Å². The molecule has 0 fully saturated rings. The molecule has 5 nitrogen and oxygen atoms in total. The van der Waals surface area contributed by atoms with E-state index in [4.69, 9.17) is 27.9 Å². The van der Waals surface area contributed by atoms with Crippen molar-refractivity contribution in [1.29, 1.82) is 0 Å². The fourth-order valence-electron chi connectivity index (χ4n) is 4.21. The quantitative estimate of drug-likeness (QED) is 0.310. The topological polar surface area (TPSA) is 71.5 Å². The number of aliphatic hydroxyl groups is 1. The Morgan fingerprint density at radius 3 is 2.28 bits per heavy atom. The zero-order chi connectivity index (χ0) is 28.9. The van der Waals surface area contributed by atoms with E-state index >= 15 is 0 Å². The Morgan fingerprint density at radius 2 is 1.69 bits per heavy atom. The van der Waals surface area contributed by atoms with Gasteiger partial charge in [-0.15, -0.1) is 0 Å². The molecule has 2 N–H and O–H groups in total. The molecular formula is C26H20Cl2F6N2O3. The Hall–Kier alpha value is -3.02. The van der Waals surface area contributed by atoms with Crippen molar-refractivity contribution >= 4 is 29.1 Å². The van der Waals surface area contributed by atoms with E-state index in [9.17, 15) is 36.2 Å². The molecule has 0 bridgehead atoms. The van der Waals surface area contributed by atoms with Crippen LogP contribution < -0.4 is 10.1 Å². The number of benzene rings is 2. The lowest BCUT2D eigenvalue weighted by molar-refractivity contribution is -0.205. The Balaban J connectivity index is 1.93. The smallest absolute Gasteiger partial charge is 0.423 e. The fourth-order valence-corrected chi connectivity index (χ4v) is 4.55. The van der Waals surface area contributed by atoms with Crippen LogP contribution in [-0.2, 0) is 11.0 Å². The number of carbonyl (C=O) groups is 1. The first-order valence-corrected chi connectivity index (χ1v) is 12.1. The summed E-state index contributed by atoms with van der Waals surface area (Å²) in [6.07, 6.45) is -13.1. The van der Waals surface area contributed by atoms with Gasteiger partial charge in [0.25, 0.3) is 5.91 Å². The summed E-state index contributed by atoms with van der Waals surface area (Å²) < 4.78 is 85.4. The summed E-state index contributed by atoms with van der Waals surface area (Å²) in [7, 11) is 0. The zero-order valence-corrected chi connectivity index (χ0v) is 21.7. The van der Waals surface area contributed by atoms with Crippen LogP contribution in [0.2, 0.25) is 10.0 Å². The Labute approximate surface area is 228 Å². The number of nitrogens with zero attached hydrogens (tertiary/aromatic N) is 1. The van der Waals surface area contributed by atoms with E-state index in [0.717, 1.165) is 18.2 Å². The van der Waals surface area contributed by atoms with Gasteiger partial charge in [-0.1, -0.05) is 35.3 Å². The number of amides is 1. The molecule has 0 radical (unpaired) electrons. The number of aromatic nitrogens is 1. The number of ether oxygens (including phenoxy) is 1. The van der Waals surface area contributed by atoms with E-state index in [0.29, 0.717) is 10.6 Å². The van der Waals surface area contributed by atoms with E-state index in [1.54, 1.807) is 26.0 Å². The van der Waals surface area contributed by atoms with Crippen LogP contribution in [0.15, 0.2) is 48.5 Å². The van der Waals surface area contributed by atoms with Gasteiger partial charge in [0.1, 0.15) is 5.60 Å². The van der Waals surface area contributed by atoms with Crippen LogP contribution in [0.1, 0.15) is 37.4 Å². The minimum absolute atomic E-state index is 0.00170. The van der Waals surface area contributed by atoms with E-state index in [2.05, 4.69) is 10.3 Å². The maximum atomic E-state index is 13.5. The number of alkyl halides is 6. The number of hydrogen-bond donors (Lipinski definition) is 2. The molecule has 4 rings (SSSR count). The molecule has 13 heteroatoms. The maximum Gasteiger partial charge on any atom is 0.423 e. The SMILES string of the molecule is CC1(C)CC(NC(=O)C(O)C(F)(F)F)c2cc(-c3ccc(Cl)cc3)c(-c3cc(C(F)(F)F)ccc3Cl)nc2O1. The molecule has 1 aromatic heterocycles. The Bertz CT molecular complexity index is 1410. The van der Waals surface area contributed by atoms with Crippen LogP contribution >= 0.6 is 23.2 Å². The molecule has 1 aliphatic heterocycles. The fraction of sp³-hybridized carbons (Fsp3) is 0.308. The van der Waals surface area contributed by atoms with Crippen molar-refractivity contribution in [2.24, 2.45) is 0 Å². The summed E-state index contributed by atoms with van der Waals surface area (Å²) in [5.74, 6) is -1.80. The first kappa shape index (κ1) is 29.0. The van der Waals surface area contributed by atoms with Gasteiger partial charge in [0.05, 0.1) is 22.3 Å². The summed E-state index contributed by atoms with van der Waals surface area (Å²) in [4.78, 5) is 16.7. The van der Waals surface area contributed by atoms with Gasteiger partial charge in [-0.3, -0.25) is 4.79 Å². The molecular weight excluding hydrogens is 573 g/mol. The van der Waals surface area contributed by atoms with Gasteiger partial charge in [-0.2, -0.15) is 26.3 Å². The van der Waals surface area contributed by atoms with Crippen LogP contribution in [0.4, 0.5) is 26.3 Å². The van der Waals surface area contributed by atoms with Crippen LogP contribution in [0.5, 0.6) is 5.88 Å². The number of nitrogens with one attached hydrogen (secondary N) is 1. The lowest BCUT2D eigenvalue weighted by Gasteiger charge is -2.38. The minimum Gasteiger partial charge on any atom is -0.471 e. The van der Waals surface area contributed by atoms with E-state index in [1.807, 2.05) is 0 Å². The van der Waals surface area contributed by atoms with Crippen molar-refractivity contribution in [2.75, 3.05) is 0 Å². The predicted octanol–water partition coefficient (Wildman–Crippen LogP) is 7.38. The van der Waals surface area contributed by atoms with E-state index in [-0.39, 0.29) is 39.7 Å². The van der Waals surface area contributed by atoms with Gasteiger partial charge < -0.3 is 15.2 Å². The highest BCUT2D eigenvalue weighted by atomic mass is 35.5. The van der Waals surface area contributed by atoms with Gasteiger partial charge in [0.2, 0.25) is 12.0 Å². The third-order valence-corrected chi connectivity index (χ3v) is 6.62. The number of carbonyl (C=O) groups excluding carboxylic acids is 1. The summed E-state index contributed by atoms with van der Waals surface area (Å²) >= 11 is 12.3. The molecule has 2 unspecified atom stereocenters. The van der Waals surface area contributed by atoms with Gasteiger partial charge >= 0.3 is 12.4 Å². The van der Waals surface area contributed by atoms with Crippen molar-refractivity contribution in [3.63, 3.8) is 0 Å². The summed E-state index contributed by atoms with van der Waals surface area (Å²) in [6.45, 7) is 3.20. The van der Waals surface area contributed by atoms with Gasteiger partial charge in [0.15, 0.2) is 0 Å². The number of aliphatic hydroxyl groups excluding tert-OH is 1. The lowest BCUT2D eigenvalue weighted by Crippen LogP contribution is -2.48. The standard InChI is InChI=1S/C26H20Cl2F6N2O3/c1-24(2)11-19(35-22(38)21(37)26(32,33)34)17-10-15(12-3-6-14(27)7-4-12)20(36-23(17)39-24)16-9-13(25(29,30)31)5-8-18(16)28/h3-10,19,21,37H,11H2,1-2H3,(H,35,38). The number of fused-ring (bicyclic) bond motifs is 1. The summed E-state index contributed by atoms with van der Waals surface area (Å²) in [5.41, 5.74) is -1.24. The second-order valence-corrected chi connectivity index (χ2v) is 10.4. The number of pyridine rings is 1. The molecule has 208 valence electrons. The molecule has 1 aliphatic rings. The highest BCUT2D eigenvalue weighted by molar-refractivity contribution is 6.33. The average Bonchev–Trinajstić information content (AvgIpc) is 2.81. The number of hydrogen-bond acceptors (Lipinski definition) is 4. The van der Waals surface area contributed by atoms with Crippen molar-refractivity contribution in [1.82, 2.24) is 10.3 Å². The van der Waals surface area contributed by atoms with E-state index < -0.39 is 41.6 Å². The third-order valence-electron chi connectivity index (χ3n) is 6.04. The highest BCUT2D eigenvalue weighted by Gasteiger charge is 2.45. The van der Waals surface area contributed by atoms with Gasteiger partial charge in [-0.05, 0) is 55.8 Å². The molecule has 0 aliphatic carbocycles. The Kier molecular flexibility index (Phi) is 7.57. The van der Waals surface area contributed by atoms with Crippen molar-refractivity contribution in [2.45, 2.75) is 50.4 Å². The lowest BCUT2D eigenvalue weighted by atomic mass is 9.88. The van der Waals surface area contributed by atoms with Crippen LogP contribution in [0.25, 0.3) is 22.4 Å². The molecule has 0 saturated heterocycles. The molecule has 2 heterocycles. The molecule has 2 aromatic carbocycles. The largest absolute Gasteiger partial charge is 0.471 e. The molecule has 1 amide bonds. The van der Waals surface area contributed by atoms with Crippen molar-refractivity contribution < 1.29 is 41.0 Å². The first-order chi connectivity index (χ1) is 18.0. The number of halogens is 8. The van der Waals surface area contributed by atoms with E-state index in [1.165, 1.54) is 18.2 Å². The monoisotopic (exact) mass is 592 g/mol. The normalized spacial score (nSPS) is 17.7. The molecule has 39 heavy (non-hydrogen) atoms. The summed E-state index contributed by atoms with van der Waals surface area (Å²) in [6, 6.07) is 9.33. The molecule has 3 aromatic rings. The molecule has 0 spiro atoms. The average molecular weight is 593 g/mol. The second kappa shape index (κ2) is 10.2. The van der Waals surface area contributed by atoms with Crippen LogP contribution in [0, 0.1) is 0 Å². The molecule has 2 atom stereocenters. The van der Waals surface area contributed by atoms with Crippen molar-refractivity contribution in [3.05, 3.63) is 69.7 Å². The molecule has 0 saturated carbocycles. The minimum atomic E-state index is -5.19. The summed E-state index contributed by atoms with van der Waals surface area (Å²) in [5, 5.41) is 12.0. The second-order valence-electron chi connectivity index (χ2n) is 9.55. The highest BCUT2D eigenvalue weighted by Crippen LogP contribution is 2.45. The van der Waals surface area contributed by atoms with Crippen molar-refractivity contribution in [3.8, 4) is 28.3 Å². The zero-order valence-electron chi connectivity index (χ0n) is 20.2. The maximum absolute atomic E-state index is 13.5. The van der Waals surface area contributed by atoms with Gasteiger partial charge in [0, 0.05) is 28.1 Å². The Morgan fingerprint density at radius 1 is 1.05 bits per heavy atom. The third kappa shape index (κ3) is 6.26. The predicted molar refractivity (Wildman–Crippen MR) is 132 cm³/mol. The van der Waals surface area contributed by atoms with Gasteiger partial charge in [-0.25, -0.2) is 4.98 Å². The number of rotatable bonds is 4. The van der Waals surface area contributed by atoms with Crippen LogP contribution in [-0.4, -0.2) is 33.9 Å².